The molecule has 6 nitrogen and oxygen atoms in total. The zero-order chi connectivity index (χ0) is 15.9. The zero-order valence-corrected chi connectivity index (χ0v) is 14.1. The molecule has 0 unspecified atom stereocenters. The van der Waals surface area contributed by atoms with E-state index in [1.807, 2.05) is 6.92 Å². The number of ether oxygens (including phenoxy) is 1. The summed E-state index contributed by atoms with van der Waals surface area (Å²) in [6.07, 6.45) is 1.02. The van der Waals surface area contributed by atoms with Crippen LogP contribution in [0.25, 0.3) is 0 Å². The summed E-state index contributed by atoms with van der Waals surface area (Å²) < 4.78 is 37.2. The minimum absolute atomic E-state index is 0.244. The largest absolute Gasteiger partial charge is 0.464 e. The van der Waals surface area contributed by atoms with Gasteiger partial charge in [-0.15, -0.1) is 0 Å². The highest BCUT2D eigenvalue weighted by molar-refractivity contribution is 7.89. The van der Waals surface area contributed by atoms with Crippen LogP contribution >= 0.6 is 0 Å². The van der Waals surface area contributed by atoms with E-state index in [0.717, 1.165) is 13.0 Å². The van der Waals surface area contributed by atoms with Crippen LogP contribution in [0.2, 0.25) is 0 Å². The van der Waals surface area contributed by atoms with Crippen LogP contribution in [0.3, 0.4) is 0 Å². The third kappa shape index (κ3) is 4.81. The van der Waals surface area contributed by atoms with E-state index < -0.39 is 10.0 Å². The number of aryl methyl sites for hydroxylation is 1. The topological polar surface area (TPSA) is 71.8 Å². The van der Waals surface area contributed by atoms with E-state index in [2.05, 4.69) is 12.2 Å². The van der Waals surface area contributed by atoms with Gasteiger partial charge in [-0.2, -0.15) is 4.31 Å². The predicted molar refractivity (Wildman–Crippen MR) is 81.8 cm³/mol. The van der Waals surface area contributed by atoms with Crippen LogP contribution in [0.4, 0.5) is 0 Å². The molecular weight excluding hydrogens is 292 g/mol. The second kappa shape index (κ2) is 8.53. The third-order valence-corrected chi connectivity index (χ3v) is 5.25. The number of sulfonamides is 1. The van der Waals surface area contributed by atoms with E-state index in [-0.39, 0.29) is 4.90 Å². The van der Waals surface area contributed by atoms with Gasteiger partial charge < -0.3 is 14.5 Å². The lowest BCUT2D eigenvalue weighted by molar-refractivity contribution is 0.180. The smallest absolute Gasteiger partial charge is 0.246 e. The van der Waals surface area contributed by atoms with E-state index >= 15 is 0 Å². The highest BCUT2D eigenvalue weighted by Crippen LogP contribution is 2.23. The van der Waals surface area contributed by atoms with Crippen molar-refractivity contribution in [3.05, 3.63) is 17.6 Å². The monoisotopic (exact) mass is 318 g/mol. The van der Waals surface area contributed by atoms with Crippen LogP contribution in [0.15, 0.2) is 15.4 Å². The fraction of sp³-hybridized carbons (Fsp3) is 0.714. The Morgan fingerprint density at radius 3 is 2.67 bits per heavy atom. The maximum absolute atomic E-state index is 12.6. The molecule has 122 valence electrons. The van der Waals surface area contributed by atoms with E-state index in [0.29, 0.717) is 37.8 Å². The fourth-order valence-electron chi connectivity index (χ4n) is 2.04. The van der Waals surface area contributed by atoms with Gasteiger partial charge in [0.1, 0.15) is 16.4 Å². The quantitative estimate of drug-likeness (QED) is 0.665. The standard InChI is InChI=1S/C14H26N2O4S/c1-5-7-15-11-13-10-14(12(3)20-13)21(17,18)16(6-2)8-9-19-4/h10,15H,5-9,11H2,1-4H3. The second-order valence-corrected chi connectivity index (χ2v) is 6.71. The number of furan rings is 1. The first kappa shape index (κ1) is 18.2. The molecule has 1 aromatic heterocycles. The molecule has 0 radical (unpaired) electrons. The second-order valence-electron chi connectivity index (χ2n) is 4.80. The average molecular weight is 318 g/mol. The Morgan fingerprint density at radius 2 is 2.10 bits per heavy atom. The van der Waals surface area contributed by atoms with Gasteiger partial charge in [-0.3, -0.25) is 0 Å². The molecule has 0 aromatic carbocycles. The van der Waals surface area contributed by atoms with Crippen molar-refractivity contribution >= 4 is 10.0 Å². The van der Waals surface area contributed by atoms with Crippen molar-refractivity contribution in [2.45, 2.75) is 38.6 Å². The van der Waals surface area contributed by atoms with Crippen molar-refractivity contribution < 1.29 is 17.6 Å². The van der Waals surface area contributed by atoms with E-state index in [1.165, 1.54) is 4.31 Å². The van der Waals surface area contributed by atoms with Gasteiger partial charge >= 0.3 is 0 Å². The molecule has 1 rings (SSSR count). The molecule has 0 saturated carbocycles. The Balaban J connectivity index is 2.91. The Bertz CT molecular complexity index is 525. The highest BCUT2D eigenvalue weighted by atomic mass is 32.2. The van der Waals surface area contributed by atoms with Crippen LogP contribution in [-0.4, -0.2) is 46.1 Å². The predicted octanol–water partition coefficient (Wildman–Crippen LogP) is 1.74. The number of nitrogens with one attached hydrogen (secondary N) is 1. The summed E-state index contributed by atoms with van der Waals surface area (Å²) in [5.41, 5.74) is 0. The molecule has 0 atom stereocenters. The van der Waals surface area contributed by atoms with Gasteiger partial charge in [-0.05, 0) is 19.9 Å². The van der Waals surface area contributed by atoms with Gasteiger partial charge in [-0.25, -0.2) is 8.42 Å². The molecule has 1 N–H and O–H groups in total. The number of methoxy groups -OCH3 is 1. The van der Waals surface area contributed by atoms with Crippen molar-refractivity contribution in [2.24, 2.45) is 0 Å². The Hall–Kier alpha value is -0.890. The molecule has 21 heavy (non-hydrogen) atoms. The van der Waals surface area contributed by atoms with Crippen molar-refractivity contribution in [1.29, 1.82) is 0 Å². The molecule has 0 fully saturated rings. The average Bonchev–Trinajstić information content (AvgIpc) is 2.81. The van der Waals surface area contributed by atoms with E-state index in [4.69, 9.17) is 9.15 Å². The van der Waals surface area contributed by atoms with Crippen molar-refractivity contribution in [2.75, 3.05) is 33.4 Å². The molecule has 0 spiro atoms. The number of hydrogen-bond acceptors (Lipinski definition) is 5. The first-order valence-electron chi connectivity index (χ1n) is 7.26. The van der Waals surface area contributed by atoms with E-state index in [9.17, 15) is 8.42 Å². The summed E-state index contributed by atoms with van der Waals surface area (Å²) in [7, 11) is -1.98. The summed E-state index contributed by atoms with van der Waals surface area (Å²) in [6.45, 7) is 8.08. The molecule has 0 bridgehead atoms. The summed E-state index contributed by atoms with van der Waals surface area (Å²) in [5.74, 6) is 1.07. The molecule has 1 aromatic rings. The lowest BCUT2D eigenvalue weighted by atomic mass is 10.4. The Labute approximate surface area is 127 Å². The lowest BCUT2D eigenvalue weighted by Gasteiger charge is -2.19. The molecule has 0 saturated heterocycles. The van der Waals surface area contributed by atoms with Gasteiger partial charge in [0.05, 0.1) is 13.2 Å². The summed E-state index contributed by atoms with van der Waals surface area (Å²) in [4.78, 5) is 0.244. The Kier molecular flexibility index (Phi) is 7.37. The SMILES string of the molecule is CCCNCc1cc(S(=O)(=O)N(CC)CCOC)c(C)o1. The molecule has 0 aliphatic heterocycles. The molecule has 0 aliphatic carbocycles. The van der Waals surface area contributed by atoms with Gasteiger partial charge in [0.15, 0.2) is 0 Å². The fourth-order valence-corrected chi connectivity index (χ4v) is 3.65. The molecular formula is C14H26N2O4S. The highest BCUT2D eigenvalue weighted by Gasteiger charge is 2.27. The normalized spacial score (nSPS) is 12.2. The zero-order valence-electron chi connectivity index (χ0n) is 13.3. The molecule has 1 heterocycles. The molecule has 0 aliphatic rings. The van der Waals surface area contributed by atoms with Crippen LogP contribution in [0.5, 0.6) is 0 Å². The van der Waals surface area contributed by atoms with Crippen LogP contribution in [0, 0.1) is 6.92 Å². The number of nitrogens with zero attached hydrogens (tertiary/aromatic N) is 1. The number of likely N-dealkylation sites (N-methyl/N-ethyl adjacent to an activating group) is 1. The van der Waals surface area contributed by atoms with Crippen molar-refractivity contribution in [3.63, 3.8) is 0 Å². The number of hydrogen-bond donors (Lipinski definition) is 1. The first-order valence-corrected chi connectivity index (χ1v) is 8.70. The minimum Gasteiger partial charge on any atom is -0.464 e. The third-order valence-electron chi connectivity index (χ3n) is 3.16. The van der Waals surface area contributed by atoms with Crippen LogP contribution in [0.1, 0.15) is 31.8 Å². The van der Waals surface area contributed by atoms with Gasteiger partial charge in [0.25, 0.3) is 0 Å². The Morgan fingerprint density at radius 1 is 1.38 bits per heavy atom. The van der Waals surface area contributed by atoms with Crippen molar-refractivity contribution in [1.82, 2.24) is 9.62 Å². The first-order chi connectivity index (χ1) is 9.97. The summed E-state index contributed by atoms with van der Waals surface area (Å²) >= 11 is 0. The van der Waals surface area contributed by atoms with Crippen LogP contribution in [-0.2, 0) is 21.3 Å². The van der Waals surface area contributed by atoms with Gasteiger partial charge in [0.2, 0.25) is 10.0 Å². The number of rotatable bonds is 10. The summed E-state index contributed by atoms with van der Waals surface area (Å²) in [5, 5.41) is 3.20. The molecule has 0 amide bonds. The van der Waals surface area contributed by atoms with Gasteiger partial charge in [-0.1, -0.05) is 13.8 Å². The van der Waals surface area contributed by atoms with Gasteiger partial charge in [0, 0.05) is 26.3 Å². The minimum atomic E-state index is -3.53. The van der Waals surface area contributed by atoms with Crippen molar-refractivity contribution in [3.8, 4) is 0 Å². The maximum atomic E-state index is 12.6. The lowest BCUT2D eigenvalue weighted by Crippen LogP contribution is -2.33. The van der Waals surface area contributed by atoms with E-state index in [1.54, 1.807) is 20.1 Å². The summed E-state index contributed by atoms with van der Waals surface area (Å²) in [6, 6.07) is 1.61. The van der Waals surface area contributed by atoms with Crippen LogP contribution < -0.4 is 5.32 Å². The molecule has 7 heteroatoms. The maximum Gasteiger partial charge on any atom is 0.246 e.